The van der Waals surface area contributed by atoms with Gasteiger partial charge in [-0.25, -0.2) is 27.0 Å². The Morgan fingerprint density at radius 2 is 1.79 bits per heavy atom. The number of benzene rings is 1. The van der Waals surface area contributed by atoms with Gasteiger partial charge >= 0.3 is 12.1 Å². The molecule has 1 saturated carbocycles. The summed E-state index contributed by atoms with van der Waals surface area (Å²) in [5.41, 5.74) is 5.99. The lowest BCUT2D eigenvalue weighted by Crippen LogP contribution is -2.44. The number of ether oxygens (including phenoxy) is 1. The van der Waals surface area contributed by atoms with Gasteiger partial charge in [0, 0.05) is 18.7 Å². The predicted molar refractivity (Wildman–Crippen MR) is 147 cm³/mol. The molecule has 1 aromatic carbocycles. The van der Waals surface area contributed by atoms with E-state index in [1.54, 1.807) is 32.9 Å². The molecular weight excluding hydrogens is 524 g/mol. The van der Waals surface area contributed by atoms with E-state index in [0.29, 0.717) is 0 Å². The fourth-order valence-corrected chi connectivity index (χ4v) is 5.35. The smallest absolute Gasteiger partial charge is 0.408 e. The van der Waals surface area contributed by atoms with E-state index in [1.807, 2.05) is 6.92 Å². The summed E-state index contributed by atoms with van der Waals surface area (Å²) in [5.74, 6) is -0.493. The SMILES string of the molecule is Cc1ccc(S(=O)(=O)n2cnc(C[C@H](NC(=O)OC(C)(C)C)C(=O)O)c2)cc1.N[C@H](CO)CC1CCCCC1. The molecule has 39 heavy (non-hydrogen) atoms. The van der Waals surface area contributed by atoms with Gasteiger partial charge in [-0.1, -0.05) is 49.8 Å². The third-order valence-electron chi connectivity index (χ3n) is 6.21. The van der Waals surface area contributed by atoms with E-state index in [9.17, 15) is 23.1 Å². The van der Waals surface area contributed by atoms with Crippen LogP contribution in [0.5, 0.6) is 0 Å². The second-order valence-corrected chi connectivity index (χ2v) is 12.8. The van der Waals surface area contributed by atoms with Crippen molar-refractivity contribution in [3.8, 4) is 0 Å². The van der Waals surface area contributed by atoms with E-state index in [0.717, 1.165) is 28.2 Å². The second kappa shape index (κ2) is 14.4. The van der Waals surface area contributed by atoms with Gasteiger partial charge in [-0.15, -0.1) is 0 Å². The Kier molecular flexibility index (Phi) is 11.9. The number of imidazole rings is 1. The molecule has 12 heteroatoms. The van der Waals surface area contributed by atoms with Crippen LogP contribution >= 0.6 is 0 Å². The minimum atomic E-state index is -3.84. The maximum atomic E-state index is 12.6. The number of alkyl carbamates (subject to hydrolysis) is 1. The first-order chi connectivity index (χ1) is 18.2. The first-order valence-corrected chi connectivity index (χ1v) is 14.6. The summed E-state index contributed by atoms with van der Waals surface area (Å²) < 4.78 is 31.2. The summed E-state index contributed by atoms with van der Waals surface area (Å²) in [7, 11) is -3.84. The highest BCUT2D eigenvalue weighted by Crippen LogP contribution is 2.26. The van der Waals surface area contributed by atoms with Crippen molar-refractivity contribution < 1.29 is 33.0 Å². The molecule has 0 spiro atoms. The maximum Gasteiger partial charge on any atom is 0.408 e. The third-order valence-corrected chi connectivity index (χ3v) is 7.83. The molecule has 1 heterocycles. The summed E-state index contributed by atoms with van der Waals surface area (Å²) >= 11 is 0. The first kappa shape index (κ1) is 32.3. The molecule has 1 amide bonds. The minimum absolute atomic E-state index is 0.0260. The highest BCUT2D eigenvalue weighted by molar-refractivity contribution is 7.90. The van der Waals surface area contributed by atoms with Crippen LogP contribution in [0.3, 0.4) is 0 Å². The Balaban J connectivity index is 0.000000404. The monoisotopic (exact) mass is 566 g/mol. The number of carbonyl (C=O) groups is 2. The number of aromatic nitrogens is 2. The standard InChI is InChI=1S/C18H23N3O6S.C9H19NO/c1-12-5-7-14(8-6-12)28(25,26)21-10-13(19-11-21)9-15(16(22)23)20-17(24)27-18(2,3)4;10-9(7-11)6-8-4-2-1-3-5-8/h5-8,10-11,15H,9H2,1-4H3,(H,20,24)(H,22,23);8-9,11H,1-7,10H2/t15-;9-/m00/s1. The lowest BCUT2D eigenvalue weighted by molar-refractivity contribution is -0.139. The van der Waals surface area contributed by atoms with Crippen LogP contribution in [0.1, 0.15) is 70.6 Å². The molecular formula is C27H42N4O7S. The fourth-order valence-electron chi connectivity index (χ4n) is 4.20. The Morgan fingerprint density at radius 1 is 1.18 bits per heavy atom. The van der Waals surface area contributed by atoms with Crippen molar-refractivity contribution in [1.82, 2.24) is 14.3 Å². The fraction of sp³-hybridized carbons (Fsp3) is 0.593. The summed E-state index contributed by atoms with van der Waals surface area (Å²) in [6.45, 7) is 6.95. The Hall–Kier alpha value is -2.96. The number of aliphatic hydroxyl groups excluding tert-OH is 1. The summed E-state index contributed by atoms with van der Waals surface area (Å²) in [5, 5.41) is 20.3. The number of hydrogen-bond acceptors (Lipinski definition) is 8. The molecule has 0 radical (unpaired) electrons. The largest absolute Gasteiger partial charge is 0.480 e. The van der Waals surface area contributed by atoms with Gasteiger partial charge in [0.1, 0.15) is 18.0 Å². The van der Waals surface area contributed by atoms with Gasteiger partial charge in [0.2, 0.25) is 0 Å². The molecule has 1 aliphatic carbocycles. The van der Waals surface area contributed by atoms with Gasteiger partial charge in [0.05, 0.1) is 17.2 Å². The van der Waals surface area contributed by atoms with Crippen molar-refractivity contribution in [2.24, 2.45) is 11.7 Å². The van der Waals surface area contributed by atoms with Crippen LogP contribution in [0, 0.1) is 12.8 Å². The average Bonchev–Trinajstić information content (AvgIpc) is 3.33. The zero-order valence-electron chi connectivity index (χ0n) is 23.2. The Bertz CT molecular complexity index is 1170. The lowest BCUT2D eigenvalue weighted by Gasteiger charge is -2.23. The van der Waals surface area contributed by atoms with Crippen molar-refractivity contribution in [3.63, 3.8) is 0 Å². The van der Waals surface area contributed by atoms with Gasteiger partial charge in [0.15, 0.2) is 0 Å². The first-order valence-electron chi connectivity index (χ1n) is 13.1. The predicted octanol–water partition coefficient (Wildman–Crippen LogP) is 3.23. The third kappa shape index (κ3) is 11.0. The molecule has 2 atom stereocenters. The number of aryl methyl sites for hydroxylation is 1. The van der Waals surface area contributed by atoms with Crippen LogP contribution in [-0.4, -0.2) is 63.9 Å². The summed E-state index contributed by atoms with van der Waals surface area (Å²) in [6, 6.07) is 5.02. The van der Waals surface area contributed by atoms with Crippen molar-refractivity contribution in [1.29, 1.82) is 0 Å². The van der Waals surface area contributed by atoms with Crippen LogP contribution in [-0.2, 0) is 26.0 Å². The number of rotatable bonds is 9. The molecule has 0 aliphatic heterocycles. The number of nitrogens with zero attached hydrogens (tertiary/aromatic N) is 2. The molecule has 11 nitrogen and oxygen atoms in total. The maximum absolute atomic E-state index is 12.6. The van der Waals surface area contributed by atoms with Crippen molar-refractivity contribution in [2.45, 2.75) is 95.2 Å². The number of nitrogens with two attached hydrogens (primary N) is 1. The quantitative estimate of drug-likeness (QED) is 0.355. The molecule has 0 unspecified atom stereocenters. The van der Waals surface area contributed by atoms with E-state index in [1.165, 1.54) is 50.4 Å². The van der Waals surface area contributed by atoms with Gasteiger partial charge < -0.3 is 26.0 Å². The van der Waals surface area contributed by atoms with E-state index >= 15 is 0 Å². The summed E-state index contributed by atoms with van der Waals surface area (Å²) in [4.78, 5) is 27.3. The van der Waals surface area contributed by atoms with E-state index in [4.69, 9.17) is 15.6 Å². The molecule has 3 rings (SSSR count). The molecule has 0 bridgehead atoms. The number of carboxylic acids is 1. The molecule has 1 aliphatic rings. The number of aliphatic hydroxyl groups is 1. The molecule has 218 valence electrons. The number of hydrogen-bond donors (Lipinski definition) is 4. The van der Waals surface area contributed by atoms with Crippen LogP contribution in [0.4, 0.5) is 4.79 Å². The van der Waals surface area contributed by atoms with Gasteiger partial charge in [-0.2, -0.15) is 0 Å². The molecule has 2 aromatic rings. The van der Waals surface area contributed by atoms with Crippen LogP contribution in [0.2, 0.25) is 0 Å². The van der Waals surface area contributed by atoms with Crippen LogP contribution < -0.4 is 11.1 Å². The second-order valence-electron chi connectivity index (χ2n) is 10.9. The molecule has 5 N–H and O–H groups in total. The summed E-state index contributed by atoms with van der Waals surface area (Å²) in [6.07, 6.45) is 9.03. The van der Waals surface area contributed by atoms with Gasteiger partial charge in [0.25, 0.3) is 10.0 Å². The number of carboxylic acid groups (broad SMARTS) is 1. The number of aliphatic carboxylic acids is 1. The Morgan fingerprint density at radius 3 is 2.33 bits per heavy atom. The van der Waals surface area contributed by atoms with E-state index in [2.05, 4.69) is 10.3 Å². The van der Waals surface area contributed by atoms with E-state index < -0.39 is 33.7 Å². The molecule has 1 aromatic heterocycles. The van der Waals surface area contributed by atoms with Gasteiger partial charge in [-0.3, -0.25) is 0 Å². The number of nitrogens with one attached hydrogen (secondary N) is 1. The number of amides is 1. The normalized spacial score (nSPS) is 15.9. The van der Waals surface area contributed by atoms with Crippen molar-refractivity contribution in [2.75, 3.05) is 6.61 Å². The zero-order chi connectivity index (χ0) is 29.2. The highest BCUT2D eigenvalue weighted by Gasteiger charge is 2.26. The molecule has 0 saturated heterocycles. The van der Waals surface area contributed by atoms with Crippen molar-refractivity contribution >= 4 is 22.1 Å². The highest BCUT2D eigenvalue weighted by atomic mass is 32.2. The molecule has 1 fully saturated rings. The zero-order valence-corrected chi connectivity index (χ0v) is 24.0. The van der Waals surface area contributed by atoms with Crippen LogP contribution in [0.25, 0.3) is 0 Å². The van der Waals surface area contributed by atoms with Gasteiger partial charge in [-0.05, 0) is 52.2 Å². The minimum Gasteiger partial charge on any atom is -0.480 e. The number of carbonyl (C=O) groups excluding carboxylic acids is 1. The Labute approximate surface area is 230 Å². The lowest BCUT2D eigenvalue weighted by atomic mass is 9.85. The average molecular weight is 567 g/mol. The topological polar surface area (TPSA) is 174 Å². The van der Waals surface area contributed by atoms with E-state index in [-0.39, 0.29) is 29.7 Å². The van der Waals surface area contributed by atoms with Crippen LogP contribution in [0.15, 0.2) is 41.7 Å². The van der Waals surface area contributed by atoms with Crippen molar-refractivity contribution in [3.05, 3.63) is 48.0 Å².